The number of allylic oxidation sites excluding steroid dienone is 3. The molecule has 1 nitrogen and oxygen atoms in total. The Morgan fingerprint density at radius 3 is 2.61 bits per heavy atom. The molecule has 0 heterocycles. The molecule has 4 rings (SSSR count). The first-order chi connectivity index (χ1) is 14.9. The second-order valence-corrected chi connectivity index (χ2v) is 9.44. The van der Waals surface area contributed by atoms with E-state index in [9.17, 15) is 9.18 Å². The molecule has 31 heavy (non-hydrogen) atoms. The highest BCUT2D eigenvalue weighted by Crippen LogP contribution is 2.58. The average Bonchev–Trinajstić information content (AvgIpc) is 3.18. The number of carbonyl (C=O) groups is 1. The van der Waals surface area contributed by atoms with Crippen molar-refractivity contribution in [3.05, 3.63) is 76.6 Å². The van der Waals surface area contributed by atoms with Crippen molar-refractivity contribution >= 4 is 23.0 Å². The van der Waals surface area contributed by atoms with Gasteiger partial charge >= 0.3 is 0 Å². The zero-order chi connectivity index (χ0) is 22.2. The normalized spacial score (nSPS) is 22.8. The maximum atomic E-state index is 14.1. The minimum Gasteiger partial charge on any atom is -0.294 e. The molecule has 0 amide bonds. The van der Waals surface area contributed by atoms with E-state index in [1.165, 1.54) is 6.07 Å². The van der Waals surface area contributed by atoms with Gasteiger partial charge < -0.3 is 0 Å². The highest BCUT2D eigenvalue weighted by Gasteiger charge is 2.49. The van der Waals surface area contributed by atoms with E-state index in [1.807, 2.05) is 18.2 Å². The molecule has 1 fully saturated rings. The minimum absolute atomic E-state index is 0.0685. The van der Waals surface area contributed by atoms with Crippen LogP contribution in [-0.4, -0.2) is 5.78 Å². The summed E-state index contributed by atoms with van der Waals surface area (Å²) in [5, 5.41) is 0.114. The number of Topliss-reactive ketones (excluding diaryl/α,β-unsaturated/α-hetero) is 1. The lowest BCUT2D eigenvalue weighted by Gasteiger charge is -2.37. The SMILES string of the molecule is C=CC1=C(c2cc(-c3ccc(Cl)c(F)c3)ccc2CC)C(=O)C2CCC1(CCCC)C2. The molecule has 2 unspecified atom stereocenters. The van der Waals surface area contributed by atoms with Gasteiger partial charge in [0.15, 0.2) is 5.78 Å². The number of rotatable bonds is 7. The van der Waals surface area contributed by atoms with Gasteiger partial charge in [0.25, 0.3) is 0 Å². The first-order valence-corrected chi connectivity index (χ1v) is 11.8. The van der Waals surface area contributed by atoms with E-state index in [-0.39, 0.29) is 22.1 Å². The van der Waals surface area contributed by atoms with E-state index in [0.29, 0.717) is 0 Å². The van der Waals surface area contributed by atoms with Crippen molar-refractivity contribution < 1.29 is 9.18 Å². The van der Waals surface area contributed by atoms with E-state index in [2.05, 4.69) is 32.6 Å². The number of hydrogen-bond acceptors (Lipinski definition) is 1. The molecule has 0 aromatic heterocycles. The molecule has 2 aromatic carbocycles. The third-order valence-electron chi connectivity index (χ3n) is 7.29. The first-order valence-electron chi connectivity index (χ1n) is 11.4. The second kappa shape index (κ2) is 8.74. The third-order valence-corrected chi connectivity index (χ3v) is 7.60. The van der Waals surface area contributed by atoms with E-state index in [0.717, 1.165) is 78.3 Å². The molecule has 2 aromatic rings. The van der Waals surface area contributed by atoms with Crippen LogP contribution in [-0.2, 0) is 11.2 Å². The summed E-state index contributed by atoms with van der Waals surface area (Å²) in [4.78, 5) is 13.6. The average molecular weight is 437 g/mol. The monoisotopic (exact) mass is 436 g/mol. The maximum Gasteiger partial charge on any atom is 0.166 e. The Bertz CT molecular complexity index is 1070. The fourth-order valence-corrected chi connectivity index (χ4v) is 5.76. The van der Waals surface area contributed by atoms with Crippen LogP contribution in [0, 0.1) is 17.2 Å². The highest BCUT2D eigenvalue weighted by molar-refractivity contribution is 6.30. The van der Waals surface area contributed by atoms with Crippen molar-refractivity contribution in [2.24, 2.45) is 11.3 Å². The Balaban J connectivity index is 1.91. The molecule has 2 aliphatic carbocycles. The van der Waals surface area contributed by atoms with E-state index in [4.69, 9.17) is 11.6 Å². The summed E-state index contributed by atoms with van der Waals surface area (Å²) in [5.74, 6) is -0.0675. The zero-order valence-electron chi connectivity index (χ0n) is 18.4. The molecule has 2 aliphatic rings. The fourth-order valence-electron chi connectivity index (χ4n) is 5.64. The van der Waals surface area contributed by atoms with Crippen LogP contribution in [0.3, 0.4) is 0 Å². The van der Waals surface area contributed by atoms with Crippen molar-refractivity contribution in [3.8, 4) is 11.1 Å². The van der Waals surface area contributed by atoms with Gasteiger partial charge in [-0.15, -0.1) is 0 Å². The molecule has 1 saturated carbocycles. The lowest BCUT2D eigenvalue weighted by atomic mass is 9.66. The number of benzene rings is 2. The summed E-state index contributed by atoms with van der Waals surface area (Å²) in [6.07, 6.45) is 9.19. The van der Waals surface area contributed by atoms with Crippen LogP contribution in [0.2, 0.25) is 5.02 Å². The molecular formula is C28H30ClFO. The number of carbonyl (C=O) groups excluding carboxylic acids is 1. The Labute approximate surface area is 190 Å². The summed E-state index contributed by atoms with van der Waals surface area (Å²) in [6.45, 7) is 8.48. The van der Waals surface area contributed by atoms with E-state index >= 15 is 0 Å². The van der Waals surface area contributed by atoms with Crippen LogP contribution in [0.25, 0.3) is 16.7 Å². The molecule has 0 N–H and O–H groups in total. The highest BCUT2D eigenvalue weighted by atomic mass is 35.5. The van der Waals surface area contributed by atoms with Gasteiger partial charge in [0.1, 0.15) is 5.82 Å². The van der Waals surface area contributed by atoms with Gasteiger partial charge in [-0.2, -0.15) is 0 Å². The zero-order valence-corrected chi connectivity index (χ0v) is 19.2. The lowest BCUT2D eigenvalue weighted by Crippen LogP contribution is -2.29. The van der Waals surface area contributed by atoms with Crippen LogP contribution in [0.4, 0.5) is 4.39 Å². The summed E-state index contributed by atoms with van der Waals surface area (Å²) in [5.41, 5.74) is 5.85. The van der Waals surface area contributed by atoms with Gasteiger partial charge in [-0.25, -0.2) is 4.39 Å². The summed E-state index contributed by atoms with van der Waals surface area (Å²) in [7, 11) is 0. The summed E-state index contributed by atoms with van der Waals surface area (Å²) >= 11 is 5.88. The quantitative estimate of drug-likeness (QED) is 0.427. The van der Waals surface area contributed by atoms with Crippen LogP contribution in [0.5, 0.6) is 0 Å². The topological polar surface area (TPSA) is 17.1 Å². The van der Waals surface area contributed by atoms with Gasteiger partial charge in [-0.3, -0.25) is 4.79 Å². The first kappa shape index (κ1) is 22.0. The number of aryl methyl sites for hydroxylation is 1. The maximum absolute atomic E-state index is 14.1. The van der Waals surface area contributed by atoms with Crippen molar-refractivity contribution in [2.75, 3.05) is 0 Å². The number of unbranched alkanes of at least 4 members (excludes halogenated alkanes) is 1. The smallest absolute Gasteiger partial charge is 0.166 e. The van der Waals surface area contributed by atoms with Crippen molar-refractivity contribution in [1.29, 1.82) is 0 Å². The predicted molar refractivity (Wildman–Crippen MR) is 128 cm³/mol. The molecule has 2 bridgehead atoms. The largest absolute Gasteiger partial charge is 0.294 e. The summed E-state index contributed by atoms with van der Waals surface area (Å²) < 4.78 is 14.1. The van der Waals surface area contributed by atoms with Gasteiger partial charge in [0.2, 0.25) is 0 Å². The third kappa shape index (κ3) is 3.80. The predicted octanol–water partition coefficient (Wildman–Crippen LogP) is 8.21. The Morgan fingerprint density at radius 2 is 1.94 bits per heavy atom. The van der Waals surface area contributed by atoms with E-state index in [1.54, 1.807) is 6.07 Å². The van der Waals surface area contributed by atoms with Gasteiger partial charge in [-0.1, -0.05) is 69.1 Å². The van der Waals surface area contributed by atoms with Crippen molar-refractivity contribution in [2.45, 2.75) is 58.8 Å². The summed E-state index contributed by atoms with van der Waals surface area (Å²) in [6, 6.07) is 11.0. The van der Waals surface area contributed by atoms with Crippen molar-refractivity contribution in [3.63, 3.8) is 0 Å². The van der Waals surface area contributed by atoms with Crippen LogP contribution < -0.4 is 0 Å². The second-order valence-electron chi connectivity index (χ2n) is 9.04. The minimum atomic E-state index is -0.434. The molecule has 162 valence electrons. The molecule has 0 aliphatic heterocycles. The van der Waals surface area contributed by atoms with Gasteiger partial charge in [0.05, 0.1) is 5.02 Å². The molecule has 0 spiro atoms. The number of fused-ring (bicyclic) bond motifs is 2. The number of ketones is 1. The van der Waals surface area contributed by atoms with E-state index < -0.39 is 5.82 Å². The van der Waals surface area contributed by atoms with Crippen LogP contribution >= 0.6 is 11.6 Å². The molecule has 0 saturated heterocycles. The van der Waals surface area contributed by atoms with Crippen LogP contribution in [0.15, 0.2) is 54.6 Å². The number of hydrogen-bond donors (Lipinski definition) is 0. The molecule has 0 radical (unpaired) electrons. The molecule has 3 heteroatoms. The van der Waals surface area contributed by atoms with Crippen molar-refractivity contribution in [1.82, 2.24) is 0 Å². The Morgan fingerprint density at radius 1 is 1.19 bits per heavy atom. The fraction of sp³-hybridized carbons (Fsp3) is 0.393. The standard InChI is InChI=1S/C28H30ClFO/c1-4-7-13-28-14-12-21(17-28)27(31)26(23(28)6-3)22-15-19(9-8-18(22)5-2)20-10-11-24(29)25(30)16-20/h6,8-11,15-16,21H,3-5,7,12-14,17H2,1-2H3. The Hall–Kier alpha value is -2.19. The Kier molecular flexibility index (Phi) is 6.21. The lowest BCUT2D eigenvalue weighted by molar-refractivity contribution is -0.117. The molecule has 2 atom stereocenters. The van der Waals surface area contributed by atoms with Gasteiger partial charge in [0, 0.05) is 11.5 Å². The molecular weight excluding hydrogens is 407 g/mol. The van der Waals surface area contributed by atoms with Crippen LogP contribution in [0.1, 0.15) is 63.5 Å². The van der Waals surface area contributed by atoms with Gasteiger partial charge in [-0.05, 0) is 83.5 Å². The number of halogens is 2.